The topological polar surface area (TPSA) is 40.9 Å². The fourth-order valence-corrected chi connectivity index (χ4v) is 3.18. The van der Waals surface area contributed by atoms with E-state index in [0.29, 0.717) is 11.1 Å². The van der Waals surface area contributed by atoms with Gasteiger partial charge in [0.2, 0.25) is 0 Å². The molecule has 0 saturated heterocycles. The van der Waals surface area contributed by atoms with E-state index in [1.165, 1.54) is 17.7 Å². The number of carbonyl (C=O) groups is 1. The smallest absolute Gasteiger partial charge is 0.185 e. The molecule has 0 heterocycles. The minimum atomic E-state index is -0.546. The maximum Gasteiger partial charge on any atom is 0.185 e. The molecule has 0 aromatic heterocycles. The fourth-order valence-electron chi connectivity index (χ4n) is 3.18. The third-order valence-corrected chi connectivity index (χ3v) is 4.82. The van der Waals surface area contributed by atoms with Crippen molar-refractivity contribution >= 4 is 5.78 Å². The summed E-state index contributed by atoms with van der Waals surface area (Å²) in [7, 11) is 0. The number of rotatable bonds is 3. The molecule has 2 aromatic carbocycles. The summed E-state index contributed by atoms with van der Waals surface area (Å²) in [4.78, 5) is 12.6. The van der Waals surface area contributed by atoms with Crippen LogP contribution >= 0.6 is 0 Å². The van der Waals surface area contributed by atoms with Gasteiger partial charge in [0, 0.05) is 5.56 Å². The number of nitriles is 1. The van der Waals surface area contributed by atoms with Crippen LogP contribution in [0.4, 0.5) is 4.39 Å². The Morgan fingerprint density at radius 1 is 1.16 bits per heavy atom. The molecule has 0 aliphatic heterocycles. The van der Waals surface area contributed by atoms with Gasteiger partial charge in [0.05, 0.1) is 5.56 Å². The fraction of sp³-hybridized carbons (Fsp3) is 0.273. The lowest BCUT2D eigenvalue weighted by Crippen LogP contribution is -2.06. The van der Waals surface area contributed by atoms with Gasteiger partial charge in [-0.15, -0.1) is 0 Å². The van der Waals surface area contributed by atoms with Gasteiger partial charge in [0.1, 0.15) is 11.9 Å². The molecule has 0 amide bonds. The average Bonchev–Trinajstić information content (AvgIpc) is 2.63. The first-order valence-corrected chi connectivity index (χ1v) is 8.60. The van der Waals surface area contributed by atoms with E-state index in [2.05, 4.69) is 6.92 Å². The van der Waals surface area contributed by atoms with Crippen LogP contribution in [0, 0.1) is 23.1 Å². The zero-order chi connectivity index (χ0) is 17.8. The molecule has 2 nitrogen and oxygen atoms in total. The van der Waals surface area contributed by atoms with Crippen molar-refractivity contribution in [3.05, 3.63) is 71.1 Å². The van der Waals surface area contributed by atoms with Crippen LogP contribution in [0.15, 0.2) is 54.1 Å². The molecule has 1 aliphatic carbocycles. The van der Waals surface area contributed by atoms with Crippen molar-refractivity contribution in [2.75, 3.05) is 0 Å². The summed E-state index contributed by atoms with van der Waals surface area (Å²) in [6, 6.07) is 13.5. The van der Waals surface area contributed by atoms with E-state index in [1.54, 1.807) is 30.3 Å². The van der Waals surface area contributed by atoms with Crippen LogP contribution in [-0.4, -0.2) is 5.78 Å². The SMILES string of the molecule is CC1CCC(=CC(=O)c2cccc(-c3ccc(C#N)c(F)c3)c2)CC1. The molecule has 0 radical (unpaired) electrons. The number of carbonyl (C=O) groups excluding carboxylic acids is 1. The van der Waals surface area contributed by atoms with Gasteiger partial charge in [-0.3, -0.25) is 4.79 Å². The quantitative estimate of drug-likeness (QED) is 0.535. The number of nitrogens with zero attached hydrogens (tertiary/aromatic N) is 1. The Morgan fingerprint density at radius 2 is 1.88 bits per heavy atom. The van der Waals surface area contributed by atoms with Crippen molar-refractivity contribution in [2.45, 2.75) is 32.6 Å². The number of benzene rings is 2. The van der Waals surface area contributed by atoms with Gasteiger partial charge < -0.3 is 0 Å². The second-order valence-electron chi connectivity index (χ2n) is 6.74. The molecular formula is C22H20FNO. The van der Waals surface area contributed by atoms with Gasteiger partial charge in [-0.25, -0.2) is 4.39 Å². The molecule has 3 rings (SSSR count). The average molecular weight is 333 g/mol. The Balaban J connectivity index is 1.84. The van der Waals surface area contributed by atoms with Gasteiger partial charge >= 0.3 is 0 Å². The first-order valence-electron chi connectivity index (χ1n) is 8.60. The second-order valence-corrected chi connectivity index (χ2v) is 6.74. The van der Waals surface area contributed by atoms with Gasteiger partial charge in [-0.05, 0) is 67.0 Å². The molecule has 1 aliphatic rings. The van der Waals surface area contributed by atoms with Crippen molar-refractivity contribution in [1.29, 1.82) is 5.26 Å². The van der Waals surface area contributed by atoms with Crippen LogP contribution in [0.3, 0.4) is 0 Å². The minimum Gasteiger partial charge on any atom is -0.289 e. The lowest BCUT2D eigenvalue weighted by atomic mass is 9.86. The summed E-state index contributed by atoms with van der Waals surface area (Å²) >= 11 is 0. The highest BCUT2D eigenvalue weighted by atomic mass is 19.1. The predicted molar refractivity (Wildman–Crippen MR) is 96.6 cm³/mol. The Hall–Kier alpha value is -2.73. The molecule has 0 bridgehead atoms. The van der Waals surface area contributed by atoms with Crippen molar-refractivity contribution in [3.8, 4) is 17.2 Å². The van der Waals surface area contributed by atoms with Gasteiger partial charge in [0.15, 0.2) is 5.78 Å². The number of ketones is 1. The highest BCUT2D eigenvalue weighted by molar-refractivity contribution is 6.05. The molecule has 126 valence electrons. The third kappa shape index (κ3) is 4.03. The van der Waals surface area contributed by atoms with Crippen LogP contribution in [0.25, 0.3) is 11.1 Å². The Morgan fingerprint density at radius 3 is 2.56 bits per heavy atom. The Kier molecular flexibility index (Phi) is 5.09. The molecule has 1 fully saturated rings. The molecule has 0 spiro atoms. The van der Waals surface area contributed by atoms with Crippen molar-refractivity contribution in [1.82, 2.24) is 0 Å². The van der Waals surface area contributed by atoms with E-state index in [-0.39, 0.29) is 11.3 Å². The van der Waals surface area contributed by atoms with Crippen LogP contribution in [0.2, 0.25) is 0 Å². The Bertz CT molecular complexity index is 866. The van der Waals surface area contributed by atoms with E-state index in [9.17, 15) is 9.18 Å². The summed E-state index contributed by atoms with van der Waals surface area (Å²) in [5.41, 5.74) is 3.27. The standard InChI is InChI=1S/C22H20FNO/c1-15-5-7-16(8-6-15)11-22(25)19-4-2-3-17(12-19)18-9-10-20(14-24)21(23)13-18/h2-4,9-13,15H,5-8H2,1H3. The lowest BCUT2D eigenvalue weighted by molar-refractivity contribution is 0.104. The molecule has 0 atom stereocenters. The van der Waals surface area contributed by atoms with E-state index in [0.717, 1.165) is 37.2 Å². The molecule has 2 aromatic rings. The lowest BCUT2D eigenvalue weighted by Gasteiger charge is -2.19. The van der Waals surface area contributed by atoms with Crippen molar-refractivity contribution in [3.63, 3.8) is 0 Å². The number of halogens is 1. The number of hydrogen-bond acceptors (Lipinski definition) is 2. The van der Waals surface area contributed by atoms with Gasteiger partial charge in [-0.1, -0.05) is 36.8 Å². The zero-order valence-electron chi connectivity index (χ0n) is 14.3. The maximum atomic E-state index is 13.8. The van der Waals surface area contributed by atoms with Crippen molar-refractivity contribution in [2.24, 2.45) is 5.92 Å². The first-order chi connectivity index (χ1) is 12.1. The molecule has 0 N–H and O–H groups in total. The molecule has 0 unspecified atom stereocenters. The highest BCUT2D eigenvalue weighted by Crippen LogP contribution is 2.28. The largest absolute Gasteiger partial charge is 0.289 e. The summed E-state index contributed by atoms with van der Waals surface area (Å²) in [5.74, 6) is 0.192. The number of hydrogen-bond donors (Lipinski definition) is 0. The molecule has 1 saturated carbocycles. The predicted octanol–water partition coefficient (Wildman–Crippen LogP) is 5.68. The van der Waals surface area contributed by atoms with E-state index >= 15 is 0 Å². The maximum absolute atomic E-state index is 13.8. The first kappa shape index (κ1) is 17.1. The van der Waals surface area contributed by atoms with Crippen LogP contribution < -0.4 is 0 Å². The number of allylic oxidation sites excluding steroid dienone is 2. The van der Waals surface area contributed by atoms with Gasteiger partial charge in [0.25, 0.3) is 0 Å². The van der Waals surface area contributed by atoms with Crippen LogP contribution in [0.5, 0.6) is 0 Å². The van der Waals surface area contributed by atoms with E-state index in [1.807, 2.05) is 12.1 Å². The highest BCUT2D eigenvalue weighted by Gasteiger charge is 2.14. The molecule has 25 heavy (non-hydrogen) atoms. The summed E-state index contributed by atoms with van der Waals surface area (Å²) in [6.45, 7) is 2.25. The monoisotopic (exact) mass is 333 g/mol. The summed E-state index contributed by atoms with van der Waals surface area (Å²) in [5, 5.41) is 8.83. The zero-order valence-corrected chi connectivity index (χ0v) is 14.3. The third-order valence-electron chi connectivity index (χ3n) is 4.82. The Labute approximate surface area is 147 Å². The summed E-state index contributed by atoms with van der Waals surface area (Å²) < 4.78 is 13.8. The van der Waals surface area contributed by atoms with E-state index < -0.39 is 5.82 Å². The van der Waals surface area contributed by atoms with E-state index in [4.69, 9.17) is 5.26 Å². The van der Waals surface area contributed by atoms with Gasteiger partial charge in [-0.2, -0.15) is 5.26 Å². The molecular weight excluding hydrogens is 313 g/mol. The second kappa shape index (κ2) is 7.44. The molecule has 3 heteroatoms. The normalized spacial score (nSPS) is 17.0. The summed E-state index contributed by atoms with van der Waals surface area (Å²) in [6.07, 6.45) is 6.04. The minimum absolute atomic E-state index is 0.000481. The van der Waals surface area contributed by atoms with Crippen molar-refractivity contribution < 1.29 is 9.18 Å². The van der Waals surface area contributed by atoms with Crippen LogP contribution in [-0.2, 0) is 0 Å². The van der Waals surface area contributed by atoms with Crippen LogP contribution in [0.1, 0.15) is 48.5 Å².